The van der Waals surface area contributed by atoms with E-state index < -0.39 is 5.97 Å². The number of morpholine rings is 1. The first kappa shape index (κ1) is 16.5. The van der Waals surface area contributed by atoms with Crippen LogP contribution in [0.1, 0.15) is 39.5 Å². The Morgan fingerprint density at radius 1 is 1.33 bits per heavy atom. The van der Waals surface area contributed by atoms with E-state index in [-0.39, 0.29) is 29.4 Å². The molecule has 1 fully saturated rings. The summed E-state index contributed by atoms with van der Waals surface area (Å²) in [6.07, 6.45) is 0.771. The molecule has 6 nitrogen and oxygen atoms in total. The van der Waals surface area contributed by atoms with Crippen molar-refractivity contribution in [2.75, 3.05) is 13.2 Å². The second-order valence-corrected chi connectivity index (χ2v) is 6.12. The number of carbonyl (C=O) groups excluding carboxylic acids is 1. The van der Waals surface area contributed by atoms with Gasteiger partial charge in [-0.3, -0.25) is 4.79 Å². The summed E-state index contributed by atoms with van der Waals surface area (Å²) < 4.78 is 10.9. The third kappa shape index (κ3) is 3.29. The van der Waals surface area contributed by atoms with Crippen molar-refractivity contribution in [3.8, 4) is 0 Å². The molecule has 0 aliphatic carbocycles. The predicted octanol–water partition coefficient (Wildman–Crippen LogP) is 3.23. The number of rotatable bonds is 3. The molecule has 1 aliphatic rings. The lowest BCUT2D eigenvalue weighted by Gasteiger charge is -2.37. The molecular weight excluding hydrogens is 334 g/mol. The lowest BCUT2D eigenvalue weighted by molar-refractivity contribution is -0.0495. The molecule has 24 heavy (non-hydrogen) atoms. The number of carboxylic acid groups (broad SMARTS) is 1. The quantitative estimate of drug-likeness (QED) is 0.920. The van der Waals surface area contributed by atoms with E-state index in [1.165, 1.54) is 6.07 Å². The maximum atomic E-state index is 12.6. The molecule has 1 saturated heterocycles. The van der Waals surface area contributed by atoms with Crippen LogP contribution < -0.4 is 0 Å². The first-order chi connectivity index (χ1) is 11.5. The van der Waals surface area contributed by atoms with E-state index in [9.17, 15) is 9.59 Å². The maximum Gasteiger partial charge on any atom is 0.338 e. The van der Waals surface area contributed by atoms with Crippen molar-refractivity contribution in [2.24, 2.45) is 0 Å². The van der Waals surface area contributed by atoms with Crippen LogP contribution in [0, 0.1) is 0 Å². The van der Waals surface area contributed by atoms with E-state index in [0.29, 0.717) is 18.2 Å². The third-order valence-corrected chi connectivity index (χ3v) is 4.21. The molecule has 1 aromatic carbocycles. The summed E-state index contributed by atoms with van der Waals surface area (Å²) in [5, 5.41) is 9.54. The fourth-order valence-corrected chi connectivity index (χ4v) is 2.85. The summed E-state index contributed by atoms with van der Waals surface area (Å²) in [5.74, 6) is -1.49. The summed E-state index contributed by atoms with van der Waals surface area (Å²) in [6, 6.07) is 8.39. The second-order valence-electron chi connectivity index (χ2n) is 5.69. The predicted molar refractivity (Wildman–Crippen MR) is 86.3 cm³/mol. The highest BCUT2D eigenvalue weighted by Crippen LogP contribution is 2.28. The first-order valence-corrected chi connectivity index (χ1v) is 7.83. The van der Waals surface area contributed by atoms with E-state index in [1.54, 1.807) is 17.0 Å². The van der Waals surface area contributed by atoms with Gasteiger partial charge in [-0.1, -0.05) is 23.7 Å². The van der Waals surface area contributed by atoms with Crippen LogP contribution in [0.3, 0.4) is 0 Å². The minimum Gasteiger partial charge on any atom is -0.478 e. The van der Waals surface area contributed by atoms with E-state index in [0.717, 1.165) is 11.8 Å². The summed E-state index contributed by atoms with van der Waals surface area (Å²) >= 11 is 6.01. The molecular formula is C17H16ClNO5. The Morgan fingerprint density at radius 3 is 2.79 bits per heavy atom. The topological polar surface area (TPSA) is 80.0 Å². The van der Waals surface area contributed by atoms with Crippen LogP contribution in [0.5, 0.6) is 0 Å². The van der Waals surface area contributed by atoms with Gasteiger partial charge in [-0.05, 0) is 24.6 Å². The molecule has 0 saturated carbocycles. The number of carboxylic acids is 1. The highest BCUT2D eigenvalue weighted by molar-refractivity contribution is 6.30. The lowest BCUT2D eigenvalue weighted by atomic mass is 10.1. The molecule has 1 N–H and O–H groups in total. The van der Waals surface area contributed by atoms with Gasteiger partial charge < -0.3 is 19.2 Å². The van der Waals surface area contributed by atoms with E-state index in [1.807, 2.05) is 19.1 Å². The summed E-state index contributed by atoms with van der Waals surface area (Å²) in [4.78, 5) is 25.2. The SMILES string of the molecule is CC1COC(c2cccc(Cl)c2)CN1C(=O)c1cc(C(=O)O)co1. The van der Waals surface area contributed by atoms with E-state index >= 15 is 0 Å². The van der Waals surface area contributed by atoms with Crippen molar-refractivity contribution in [1.82, 2.24) is 4.90 Å². The molecule has 2 unspecified atom stereocenters. The van der Waals surface area contributed by atoms with Crippen molar-refractivity contribution >= 4 is 23.5 Å². The minimum absolute atomic E-state index is 0.00555. The maximum absolute atomic E-state index is 12.6. The van der Waals surface area contributed by atoms with Gasteiger partial charge in [0.15, 0.2) is 5.76 Å². The van der Waals surface area contributed by atoms with E-state index in [4.69, 9.17) is 25.9 Å². The molecule has 1 amide bonds. The van der Waals surface area contributed by atoms with E-state index in [2.05, 4.69) is 0 Å². The van der Waals surface area contributed by atoms with Crippen LogP contribution in [-0.2, 0) is 4.74 Å². The molecule has 7 heteroatoms. The summed E-state index contributed by atoms with van der Waals surface area (Å²) in [5.41, 5.74) is 0.837. The fraction of sp³-hybridized carbons (Fsp3) is 0.294. The zero-order valence-corrected chi connectivity index (χ0v) is 13.7. The van der Waals surface area contributed by atoms with Crippen LogP contribution in [0.25, 0.3) is 0 Å². The number of hydrogen-bond acceptors (Lipinski definition) is 4. The average Bonchev–Trinajstić information content (AvgIpc) is 3.05. The Kier molecular flexibility index (Phi) is 4.59. The van der Waals surface area contributed by atoms with Gasteiger partial charge in [0.05, 0.1) is 24.8 Å². The zero-order chi connectivity index (χ0) is 17.3. The van der Waals surface area contributed by atoms with Gasteiger partial charge in [-0.15, -0.1) is 0 Å². The standard InChI is InChI=1S/C17H16ClNO5/c1-10-8-23-15(11-3-2-4-13(18)5-11)7-19(10)16(20)14-6-12(9-24-14)17(21)22/h2-6,9-10,15H,7-8H2,1H3,(H,21,22). The molecule has 2 atom stereocenters. The lowest BCUT2D eigenvalue weighted by Crippen LogP contribution is -2.48. The minimum atomic E-state index is -1.13. The highest BCUT2D eigenvalue weighted by atomic mass is 35.5. The van der Waals surface area contributed by atoms with Gasteiger partial charge in [0, 0.05) is 11.1 Å². The first-order valence-electron chi connectivity index (χ1n) is 7.45. The van der Waals surface area contributed by atoms with Crippen LogP contribution in [0.4, 0.5) is 0 Å². The number of carbonyl (C=O) groups is 2. The fourth-order valence-electron chi connectivity index (χ4n) is 2.65. The van der Waals surface area contributed by atoms with Crippen LogP contribution >= 0.6 is 11.6 Å². The zero-order valence-electron chi connectivity index (χ0n) is 12.9. The normalized spacial score (nSPS) is 20.8. The van der Waals surface area contributed by atoms with Gasteiger partial charge in [0.2, 0.25) is 0 Å². The summed E-state index contributed by atoms with van der Waals surface area (Å²) in [7, 11) is 0. The molecule has 1 aliphatic heterocycles. The molecule has 126 valence electrons. The van der Waals surface area contributed by atoms with Crippen molar-refractivity contribution in [2.45, 2.75) is 19.1 Å². The third-order valence-electron chi connectivity index (χ3n) is 3.97. The monoisotopic (exact) mass is 349 g/mol. The van der Waals surface area contributed by atoms with Gasteiger partial charge in [0.1, 0.15) is 12.4 Å². The van der Waals surface area contributed by atoms with Gasteiger partial charge in [0.25, 0.3) is 5.91 Å². The van der Waals surface area contributed by atoms with Gasteiger partial charge in [-0.25, -0.2) is 4.79 Å². The van der Waals surface area contributed by atoms with Gasteiger partial charge >= 0.3 is 5.97 Å². The number of aromatic carboxylic acids is 1. The largest absolute Gasteiger partial charge is 0.478 e. The second kappa shape index (κ2) is 6.67. The Labute approximate surface area is 143 Å². The molecule has 2 aromatic rings. The number of benzene rings is 1. The smallest absolute Gasteiger partial charge is 0.338 e. The van der Waals surface area contributed by atoms with Crippen molar-refractivity contribution in [1.29, 1.82) is 0 Å². The van der Waals surface area contributed by atoms with Crippen LogP contribution in [0.15, 0.2) is 41.0 Å². The van der Waals surface area contributed by atoms with Crippen molar-refractivity contribution < 1.29 is 23.8 Å². The molecule has 0 spiro atoms. The number of nitrogens with zero attached hydrogens (tertiary/aromatic N) is 1. The van der Waals surface area contributed by atoms with Gasteiger partial charge in [-0.2, -0.15) is 0 Å². The Morgan fingerprint density at radius 2 is 2.12 bits per heavy atom. The number of hydrogen-bond donors (Lipinski definition) is 1. The molecule has 3 rings (SSSR count). The number of ether oxygens (including phenoxy) is 1. The average molecular weight is 350 g/mol. The molecule has 1 aromatic heterocycles. The Hall–Kier alpha value is -2.31. The Bertz CT molecular complexity index is 772. The van der Waals surface area contributed by atoms with Crippen LogP contribution in [-0.4, -0.2) is 41.1 Å². The highest BCUT2D eigenvalue weighted by Gasteiger charge is 2.32. The van der Waals surface area contributed by atoms with Crippen molar-refractivity contribution in [3.63, 3.8) is 0 Å². The summed E-state index contributed by atoms with van der Waals surface area (Å²) in [6.45, 7) is 2.58. The number of amides is 1. The Balaban J connectivity index is 1.80. The molecule has 0 bridgehead atoms. The van der Waals surface area contributed by atoms with Crippen molar-refractivity contribution in [3.05, 3.63) is 58.5 Å². The number of furan rings is 1. The molecule has 0 radical (unpaired) electrons. The van der Waals surface area contributed by atoms with Crippen LogP contribution in [0.2, 0.25) is 5.02 Å². The molecule has 2 heterocycles. The number of halogens is 1.